The second-order valence-corrected chi connectivity index (χ2v) is 8.55. The molecule has 27 heavy (non-hydrogen) atoms. The summed E-state index contributed by atoms with van der Waals surface area (Å²) >= 11 is 6.43. The first-order chi connectivity index (χ1) is 12.8. The van der Waals surface area contributed by atoms with E-state index in [-0.39, 0.29) is 11.9 Å². The monoisotopic (exact) mass is 388 g/mol. The van der Waals surface area contributed by atoms with Gasteiger partial charge in [-0.3, -0.25) is 4.79 Å². The molecule has 1 saturated heterocycles. The van der Waals surface area contributed by atoms with Gasteiger partial charge in [0.1, 0.15) is 5.82 Å². The molecule has 0 aromatic carbocycles. The zero-order valence-corrected chi connectivity index (χ0v) is 16.5. The Labute approximate surface area is 163 Å². The third kappa shape index (κ3) is 3.73. The molecule has 6 nitrogen and oxygen atoms in total. The van der Waals surface area contributed by atoms with Gasteiger partial charge in [-0.1, -0.05) is 11.6 Å². The molecule has 2 aromatic heterocycles. The molecule has 2 fully saturated rings. The molecule has 0 radical (unpaired) electrons. The highest BCUT2D eigenvalue weighted by molar-refractivity contribution is 6.33. The summed E-state index contributed by atoms with van der Waals surface area (Å²) < 4.78 is 0. The summed E-state index contributed by atoms with van der Waals surface area (Å²) in [5.41, 5.74) is 0.487. The Morgan fingerprint density at radius 2 is 2.07 bits per heavy atom. The van der Waals surface area contributed by atoms with Crippen molar-refractivity contribution >= 4 is 34.4 Å². The molecule has 3 heterocycles. The van der Waals surface area contributed by atoms with Gasteiger partial charge in [-0.05, 0) is 58.1 Å². The van der Waals surface area contributed by atoms with Crippen LogP contribution in [0.4, 0.5) is 5.82 Å². The highest BCUT2D eigenvalue weighted by Gasteiger charge is 2.30. The molecular formula is C20H25ClN4O2. The van der Waals surface area contributed by atoms with Crippen molar-refractivity contribution in [3.63, 3.8) is 0 Å². The normalized spacial score (nSPS) is 28.1. The number of anilines is 1. The Hall–Kier alpha value is -1.92. The molecule has 1 amide bonds. The van der Waals surface area contributed by atoms with Crippen LogP contribution in [0.2, 0.25) is 5.02 Å². The van der Waals surface area contributed by atoms with Crippen LogP contribution in [0.15, 0.2) is 18.3 Å². The van der Waals surface area contributed by atoms with E-state index in [1.165, 1.54) is 0 Å². The first-order valence-electron chi connectivity index (χ1n) is 9.59. The quantitative estimate of drug-likeness (QED) is 0.843. The maximum absolute atomic E-state index is 12.6. The van der Waals surface area contributed by atoms with Crippen LogP contribution < -0.4 is 10.2 Å². The van der Waals surface area contributed by atoms with E-state index >= 15 is 0 Å². The number of halogens is 1. The zero-order chi connectivity index (χ0) is 19.2. The van der Waals surface area contributed by atoms with Gasteiger partial charge in [-0.25, -0.2) is 9.97 Å². The number of nitrogens with zero attached hydrogens (tertiary/aromatic N) is 3. The van der Waals surface area contributed by atoms with Gasteiger partial charge in [0.2, 0.25) is 0 Å². The molecular weight excluding hydrogens is 364 g/mol. The molecule has 0 spiro atoms. The summed E-state index contributed by atoms with van der Waals surface area (Å²) in [6.45, 7) is 4.95. The van der Waals surface area contributed by atoms with Crippen molar-refractivity contribution in [2.24, 2.45) is 0 Å². The van der Waals surface area contributed by atoms with Gasteiger partial charge >= 0.3 is 0 Å². The van der Waals surface area contributed by atoms with Gasteiger partial charge < -0.3 is 15.3 Å². The first kappa shape index (κ1) is 18.4. The lowest BCUT2D eigenvalue weighted by Gasteiger charge is -2.40. The molecule has 4 rings (SSSR count). The minimum Gasteiger partial charge on any atom is -0.390 e. The lowest BCUT2D eigenvalue weighted by atomic mass is 9.83. The second-order valence-electron chi connectivity index (χ2n) is 8.14. The Kier molecular flexibility index (Phi) is 4.72. The van der Waals surface area contributed by atoms with Crippen LogP contribution in [-0.2, 0) is 0 Å². The summed E-state index contributed by atoms with van der Waals surface area (Å²) in [5.74, 6) is 0.620. The number of carbonyl (C=O) groups is 1. The number of rotatable bonds is 3. The molecule has 2 aromatic rings. The van der Waals surface area contributed by atoms with Crippen molar-refractivity contribution in [1.29, 1.82) is 0 Å². The van der Waals surface area contributed by atoms with E-state index in [9.17, 15) is 9.90 Å². The maximum atomic E-state index is 12.6. The number of pyridine rings is 2. The highest BCUT2D eigenvalue weighted by atomic mass is 35.5. The summed E-state index contributed by atoms with van der Waals surface area (Å²) in [4.78, 5) is 23.8. The molecule has 1 saturated carbocycles. The third-order valence-corrected chi connectivity index (χ3v) is 6.13. The Bertz CT molecular complexity index is 876. The van der Waals surface area contributed by atoms with Gasteiger partial charge in [0.25, 0.3) is 5.91 Å². The van der Waals surface area contributed by atoms with Gasteiger partial charge in [0.05, 0.1) is 16.2 Å². The van der Waals surface area contributed by atoms with Crippen molar-refractivity contribution in [3.05, 3.63) is 28.9 Å². The summed E-state index contributed by atoms with van der Waals surface area (Å²) in [6, 6.07) is 4.16. The fourth-order valence-electron chi connectivity index (χ4n) is 3.84. The molecule has 0 bridgehead atoms. The highest BCUT2D eigenvalue weighted by Crippen LogP contribution is 2.33. The predicted molar refractivity (Wildman–Crippen MR) is 106 cm³/mol. The second kappa shape index (κ2) is 6.91. The Morgan fingerprint density at radius 3 is 2.70 bits per heavy atom. The minimum absolute atomic E-state index is 0.0883. The van der Waals surface area contributed by atoms with Crippen LogP contribution in [0.5, 0.6) is 0 Å². The van der Waals surface area contributed by atoms with Crippen molar-refractivity contribution in [3.8, 4) is 0 Å². The van der Waals surface area contributed by atoms with E-state index in [0.717, 1.165) is 37.0 Å². The number of hydrogen-bond acceptors (Lipinski definition) is 5. The summed E-state index contributed by atoms with van der Waals surface area (Å²) in [7, 11) is 0. The molecule has 2 aliphatic rings. The summed E-state index contributed by atoms with van der Waals surface area (Å²) in [6.07, 6.45) is 5.67. The lowest BCUT2D eigenvalue weighted by Crippen LogP contribution is -2.46. The van der Waals surface area contributed by atoms with Crippen LogP contribution in [0, 0.1) is 0 Å². The van der Waals surface area contributed by atoms with Crippen LogP contribution in [0.3, 0.4) is 0 Å². The van der Waals surface area contributed by atoms with E-state index in [2.05, 4.69) is 27.1 Å². The molecule has 7 heteroatoms. The number of fused-ring (bicyclic) bond motifs is 1. The van der Waals surface area contributed by atoms with Gasteiger partial charge in [0, 0.05) is 30.2 Å². The van der Waals surface area contributed by atoms with Gasteiger partial charge in [-0.2, -0.15) is 0 Å². The van der Waals surface area contributed by atoms with Gasteiger partial charge in [-0.15, -0.1) is 0 Å². The van der Waals surface area contributed by atoms with Crippen LogP contribution in [0.25, 0.3) is 11.0 Å². The maximum Gasteiger partial charge on any atom is 0.253 e. The predicted octanol–water partition coefficient (Wildman–Crippen LogP) is 3.31. The van der Waals surface area contributed by atoms with Crippen LogP contribution in [-0.4, -0.2) is 45.2 Å². The molecule has 1 atom stereocenters. The van der Waals surface area contributed by atoms with E-state index in [4.69, 9.17) is 11.6 Å². The van der Waals surface area contributed by atoms with Crippen molar-refractivity contribution < 1.29 is 9.90 Å². The molecule has 2 N–H and O–H groups in total. The smallest absolute Gasteiger partial charge is 0.253 e. The fourth-order valence-corrected chi connectivity index (χ4v) is 4.11. The average Bonchev–Trinajstić information content (AvgIpc) is 2.62. The molecule has 144 valence electrons. The standard InChI is InChI=1S/C20H25ClN4O2/c1-12-5-8-25(12)18-16(21)10-13-9-14(11-22-17(13)24-18)19(26)23-15-3-6-20(2,27)7-4-15/h9-12,15,27H,3-8H2,1-2H3,(H,23,26)/t12-,15?,20?/m0/s1. The number of amides is 1. The number of hydrogen-bond donors (Lipinski definition) is 2. The lowest BCUT2D eigenvalue weighted by molar-refractivity contribution is 0.0140. The number of carbonyl (C=O) groups excluding carboxylic acids is 1. The Morgan fingerprint density at radius 1 is 1.33 bits per heavy atom. The zero-order valence-electron chi connectivity index (χ0n) is 15.7. The van der Waals surface area contributed by atoms with E-state index in [1.54, 1.807) is 12.3 Å². The van der Waals surface area contributed by atoms with Crippen LogP contribution in [0.1, 0.15) is 56.3 Å². The van der Waals surface area contributed by atoms with Crippen molar-refractivity contribution in [1.82, 2.24) is 15.3 Å². The SMILES string of the molecule is C[C@H]1CCN1c1nc2ncc(C(=O)NC3CCC(C)(O)CC3)cc2cc1Cl. The average molecular weight is 389 g/mol. The first-order valence-corrected chi connectivity index (χ1v) is 9.96. The molecule has 0 unspecified atom stereocenters. The third-order valence-electron chi connectivity index (χ3n) is 5.85. The fraction of sp³-hybridized carbons (Fsp3) is 0.550. The largest absolute Gasteiger partial charge is 0.390 e. The van der Waals surface area contributed by atoms with E-state index in [0.29, 0.717) is 35.1 Å². The topological polar surface area (TPSA) is 78.4 Å². The van der Waals surface area contributed by atoms with E-state index in [1.807, 2.05) is 13.0 Å². The number of nitrogens with one attached hydrogen (secondary N) is 1. The van der Waals surface area contributed by atoms with Crippen LogP contribution >= 0.6 is 11.6 Å². The minimum atomic E-state index is -0.611. The molecule has 1 aliphatic carbocycles. The van der Waals surface area contributed by atoms with Gasteiger partial charge in [0.15, 0.2) is 5.65 Å². The summed E-state index contributed by atoms with van der Waals surface area (Å²) in [5, 5.41) is 14.4. The van der Waals surface area contributed by atoms with Crippen molar-refractivity contribution in [2.45, 2.75) is 63.6 Å². The van der Waals surface area contributed by atoms with Crippen molar-refractivity contribution in [2.75, 3.05) is 11.4 Å². The molecule has 1 aliphatic heterocycles. The Balaban J connectivity index is 1.51. The number of aliphatic hydroxyl groups is 1. The van der Waals surface area contributed by atoms with E-state index < -0.39 is 5.60 Å². The number of aromatic nitrogens is 2.